The molecule has 1 aliphatic carbocycles. The Morgan fingerprint density at radius 2 is 2.25 bits per heavy atom. The van der Waals surface area contributed by atoms with E-state index in [1.165, 1.54) is 12.8 Å². The van der Waals surface area contributed by atoms with Crippen molar-refractivity contribution >= 4 is 16.7 Å². The minimum atomic E-state index is 0.789. The summed E-state index contributed by atoms with van der Waals surface area (Å²) in [7, 11) is 0. The minimum Gasteiger partial charge on any atom is -0.384 e. The predicted molar refractivity (Wildman–Crippen MR) is 65.6 cm³/mol. The monoisotopic (exact) mass is 216 g/mol. The molecular weight excluding hydrogens is 200 g/mol. The van der Waals surface area contributed by atoms with Gasteiger partial charge in [0.05, 0.1) is 17.4 Å². The largest absolute Gasteiger partial charge is 0.384 e. The van der Waals surface area contributed by atoms with Crippen molar-refractivity contribution in [1.82, 2.24) is 15.3 Å². The van der Waals surface area contributed by atoms with Crippen molar-refractivity contribution in [2.24, 2.45) is 0 Å². The number of benzene rings is 1. The molecule has 0 amide bonds. The number of rotatable bonds is 5. The standard InChI is InChI=1S/C12H16N4/c1-2-9(1)13-5-6-14-10-3-4-11-12(7-10)16-8-15-11/h3-4,7-9,13-14H,1-2,5-6H2,(H,15,16). The lowest BCUT2D eigenvalue weighted by atomic mass is 10.3. The van der Waals surface area contributed by atoms with Gasteiger partial charge in [0, 0.05) is 24.8 Å². The second-order valence-electron chi connectivity index (χ2n) is 4.29. The quantitative estimate of drug-likeness (QED) is 0.667. The van der Waals surface area contributed by atoms with Crippen LogP contribution < -0.4 is 10.6 Å². The summed E-state index contributed by atoms with van der Waals surface area (Å²) in [4.78, 5) is 7.30. The fraction of sp³-hybridized carbons (Fsp3) is 0.417. The molecule has 1 fully saturated rings. The highest BCUT2D eigenvalue weighted by atomic mass is 15.0. The summed E-state index contributed by atoms with van der Waals surface area (Å²) in [5.41, 5.74) is 3.25. The van der Waals surface area contributed by atoms with Crippen molar-refractivity contribution < 1.29 is 0 Å². The van der Waals surface area contributed by atoms with Crippen LogP contribution in [0.1, 0.15) is 12.8 Å². The van der Waals surface area contributed by atoms with Gasteiger partial charge in [-0.05, 0) is 31.0 Å². The van der Waals surface area contributed by atoms with E-state index in [0.29, 0.717) is 0 Å². The third kappa shape index (κ3) is 2.17. The van der Waals surface area contributed by atoms with Crippen LogP contribution >= 0.6 is 0 Å². The van der Waals surface area contributed by atoms with Crippen LogP contribution in [0.4, 0.5) is 5.69 Å². The highest BCUT2D eigenvalue weighted by Crippen LogP contribution is 2.18. The zero-order chi connectivity index (χ0) is 10.8. The lowest BCUT2D eigenvalue weighted by Crippen LogP contribution is -2.23. The third-order valence-electron chi connectivity index (χ3n) is 2.88. The summed E-state index contributed by atoms with van der Waals surface area (Å²) in [6.07, 6.45) is 4.42. The Hall–Kier alpha value is -1.55. The first-order valence-electron chi connectivity index (χ1n) is 5.82. The summed E-state index contributed by atoms with van der Waals surface area (Å²) in [6.45, 7) is 2.00. The number of H-pyrrole nitrogens is 1. The average molecular weight is 216 g/mol. The summed E-state index contributed by atoms with van der Waals surface area (Å²) >= 11 is 0. The Morgan fingerprint density at radius 1 is 1.31 bits per heavy atom. The number of hydrogen-bond acceptors (Lipinski definition) is 3. The van der Waals surface area contributed by atoms with Crippen molar-refractivity contribution in [2.45, 2.75) is 18.9 Å². The van der Waals surface area contributed by atoms with E-state index in [1.54, 1.807) is 6.33 Å². The van der Waals surface area contributed by atoms with E-state index in [9.17, 15) is 0 Å². The Bertz CT molecular complexity index is 473. The second kappa shape index (κ2) is 4.14. The van der Waals surface area contributed by atoms with Crippen molar-refractivity contribution in [3.8, 4) is 0 Å². The topological polar surface area (TPSA) is 52.7 Å². The number of fused-ring (bicyclic) bond motifs is 1. The maximum atomic E-state index is 4.19. The third-order valence-corrected chi connectivity index (χ3v) is 2.88. The van der Waals surface area contributed by atoms with Crippen LogP contribution in [-0.2, 0) is 0 Å². The van der Waals surface area contributed by atoms with E-state index in [2.05, 4.69) is 32.7 Å². The van der Waals surface area contributed by atoms with E-state index < -0.39 is 0 Å². The molecule has 16 heavy (non-hydrogen) atoms. The fourth-order valence-corrected chi connectivity index (χ4v) is 1.82. The molecule has 2 aromatic rings. The van der Waals surface area contributed by atoms with Gasteiger partial charge in [-0.3, -0.25) is 0 Å². The Balaban J connectivity index is 1.55. The van der Waals surface area contributed by atoms with E-state index in [4.69, 9.17) is 0 Å². The van der Waals surface area contributed by atoms with Gasteiger partial charge in [-0.25, -0.2) is 4.98 Å². The van der Waals surface area contributed by atoms with Crippen LogP contribution in [0.2, 0.25) is 0 Å². The van der Waals surface area contributed by atoms with Crippen LogP contribution in [0.5, 0.6) is 0 Å². The summed E-state index contributed by atoms with van der Waals surface area (Å²) < 4.78 is 0. The normalized spacial score (nSPS) is 15.5. The Morgan fingerprint density at radius 3 is 3.12 bits per heavy atom. The van der Waals surface area contributed by atoms with Gasteiger partial charge in [-0.2, -0.15) is 0 Å². The van der Waals surface area contributed by atoms with E-state index in [1.807, 2.05) is 6.07 Å². The van der Waals surface area contributed by atoms with E-state index >= 15 is 0 Å². The van der Waals surface area contributed by atoms with E-state index in [-0.39, 0.29) is 0 Å². The SMILES string of the molecule is c1nc2ccc(NCCNC3CC3)cc2[nH]1. The summed E-state index contributed by atoms with van der Waals surface area (Å²) in [5, 5.41) is 6.88. The zero-order valence-corrected chi connectivity index (χ0v) is 9.16. The van der Waals surface area contributed by atoms with Crippen LogP contribution in [-0.4, -0.2) is 29.1 Å². The molecular formula is C12H16N4. The molecule has 0 atom stereocenters. The number of aromatic amines is 1. The number of anilines is 1. The van der Waals surface area contributed by atoms with Gasteiger partial charge in [0.1, 0.15) is 0 Å². The van der Waals surface area contributed by atoms with Crippen molar-refractivity contribution in [1.29, 1.82) is 0 Å². The van der Waals surface area contributed by atoms with Crippen molar-refractivity contribution in [2.75, 3.05) is 18.4 Å². The molecule has 1 saturated carbocycles. The summed E-state index contributed by atoms with van der Waals surface area (Å²) in [5.74, 6) is 0. The molecule has 0 spiro atoms. The Labute approximate surface area is 94.5 Å². The molecule has 0 unspecified atom stereocenters. The number of nitrogens with zero attached hydrogens (tertiary/aromatic N) is 1. The molecule has 4 nitrogen and oxygen atoms in total. The number of imidazole rings is 1. The molecule has 0 aliphatic heterocycles. The Kier molecular flexibility index (Phi) is 2.50. The smallest absolute Gasteiger partial charge is 0.0931 e. The van der Waals surface area contributed by atoms with Crippen LogP contribution in [0.3, 0.4) is 0 Å². The zero-order valence-electron chi connectivity index (χ0n) is 9.16. The fourth-order valence-electron chi connectivity index (χ4n) is 1.82. The first-order chi connectivity index (χ1) is 7.92. The lowest BCUT2D eigenvalue weighted by Gasteiger charge is -2.06. The maximum absolute atomic E-state index is 4.19. The van der Waals surface area contributed by atoms with Crippen LogP contribution in [0.25, 0.3) is 11.0 Å². The highest BCUT2D eigenvalue weighted by molar-refractivity contribution is 5.78. The van der Waals surface area contributed by atoms with Crippen LogP contribution in [0, 0.1) is 0 Å². The van der Waals surface area contributed by atoms with Gasteiger partial charge in [-0.15, -0.1) is 0 Å². The number of nitrogens with one attached hydrogen (secondary N) is 3. The summed E-state index contributed by atoms with van der Waals surface area (Å²) in [6, 6.07) is 6.99. The molecule has 1 heterocycles. The predicted octanol–water partition coefficient (Wildman–Crippen LogP) is 1.73. The van der Waals surface area contributed by atoms with Gasteiger partial charge in [0.25, 0.3) is 0 Å². The molecule has 4 heteroatoms. The molecule has 1 aromatic carbocycles. The molecule has 1 aromatic heterocycles. The van der Waals surface area contributed by atoms with Gasteiger partial charge < -0.3 is 15.6 Å². The highest BCUT2D eigenvalue weighted by Gasteiger charge is 2.19. The lowest BCUT2D eigenvalue weighted by molar-refractivity contribution is 0.701. The van der Waals surface area contributed by atoms with Crippen molar-refractivity contribution in [3.63, 3.8) is 0 Å². The van der Waals surface area contributed by atoms with Gasteiger partial charge in [0.15, 0.2) is 0 Å². The van der Waals surface area contributed by atoms with Gasteiger partial charge >= 0.3 is 0 Å². The number of aromatic nitrogens is 2. The van der Waals surface area contributed by atoms with Gasteiger partial charge in [-0.1, -0.05) is 0 Å². The number of hydrogen-bond donors (Lipinski definition) is 3. The minimum absolute atomic E-state index is 0.789. The molecule has 0 saturated heterocycles. The van der Waals surface area contributed by atoms with Crippen molar-refractivity contribution in [3.05, 3.63) is 24.5 Å². The molecule has 0 bridgehead atoms. The maximum Gasteiger partial charge on any atom is 0.0931 e. The first kappa shape index (κ1) is 9.66. The molecule has 84 valence electrons. The molecule has 3 N–H and O–H groups in total. The average Bonchev–Trinajstić information content (AvgIpc) is 3.01. The first-order valence-corrected chi connectivity index (χ1v) is 5.82. The van der Waals surface area contributed by atoms with Crippen LogP contribution in [0.15, 0.2) is 24.5 Å². The second-order valence-corrected chi connectivity index (χ2v) is 4.29. The molecule has 0 radical (unpaired) electrons. The van der Waals surface area contributed by atoms with E-state index in [0.717, 1.165) is 35.9 Å². The molecule has 1 aliphatic rings. The molecule has 3 rings (SSSR count). The van der Waals surface area contributed by atoms with Gasteiger partial charge in [0.2, 0.25) is 0 Å².